The Hall–Kier alpha value is -3.44. The molecule has 1 amide bonds. The Bertz CT molecular complexity index is 1100. The van der Waals surface area contributed by atoms with E-state index >= 15 is 0 Å². The lowest BCUT2D eigenvalue weighted by molar-refractivity contribution is -0.121. The van der Waals surface area contributed by atoms with E-state index in [-0.39, 0.29) is 6.54 Å². The number of anilines is 1. The molecule has 4 rings (SSSR count). The zero-order chi connectivity index (χ0) is 20.3. The predicted molar refractivity (Wildman–Crippen MR) is 117 cm³/mol. The van der Waals surface area contributed by atoms with Crippen molar-refractivity contribution in [3.8, 4) is 11.3 Å². The number of nitrogens with zero attached hydrogens (tertiary/aromatic N) is 2. The van der Waals surface area contributed by atoms with Gasteiger partial charge in [0.2, 0.25) is 5.91 Å². The van der Waals surface area contributed by atoms with E-state index in [1.807, 2.05) is 60.7 Å². The first kappa shape index (κ1) is 18.9. The highest BCUT2D eigenvalue weighted by Gasteiger charge is 2.38. The van der Waals surface area contributed by atoms with Gasteiger partial charge in [-0.1, -0.05) is 48.0 Å². The lowest BCUT2D eigenvalue weighted by Crippen LogP contribution is -2.44. The summed E-state index contributed by atoms with van der Waals surface area (Å²) in [5.41, 5.74) is 7.91. The first-order valence-electron chi connectivity index (χ1n) is 9.16. The molecule has 3 aromatic rings. The standard InChI is InChI=1S/C23H19ClN4O/c24-19-10-9-16(14-18(19)20-8-4-5-13-26-20)23(22(25)29)12-11-21(27-15-23)28-17-6-2-1-3-7-17/h1-14H,15H2,(H2,25,29)(H,27,28). The molecule has 0 spiro atoms. The van der Waals surface area contributed by atoms with Crippen molar-refractivity contribution in [3.63, 3.8) is 0 Å². The second-order valence-corrected chi connectivity index (χ2v) is 7.18. The number of benzene rings is 2. The van der Waals surface area contributed by atoms with Crippen LogP contribution in [-0.2, 0) is 10.2 Å². The summed E-state index contributed by atoms with van der Waals surface area (Å²) in [4.78, 5) is 21.4. The van der Waals surface area contributed by atoms with Crippen LogP contribution >= 0.6 is 11.6 Å². The fourth-order valence-corrected chi connectivity index (χ4v) is 3.51. The Morgan fingerprint density at radius 2 is 1.86 bits per heavy atom. The van der Waals surface area contributed by atoms with Gasteiger partial charge in [0, 0.05) is 22.5 Å². The molecule has 2 heterocycles. The molecular formula is C23H19ClN4O. The molecule has 0 radical (unpaired) electrons. The number of aromatic nitrogens is 1. The molecule has 2 aromatic carbocycles. The molecule has 6 heteroatoms. The molecule has 1 unspecified atom stereocenters. The Kier molecular flexibility index (Phi) is 5.14. The summed E-state index contributed by atoms with van der Waals surface area (Å²) in [5.74, 6) is 0.206. The highest BCUT2D eigenvalue weighted by molar-refractivity contribution is 6.33. The van der Waals surface area contributed by atoms with Crippen molar-refractivity contribution in [2.45, 2.75) is 5.41 Å². The van der Waals surface area contributed by atoms with Crippen LogP contribution in [0, 0.1) is 0 Å². The number of hydrogen-bond donors (Lipinski definition) is 2. The highest BCUT2D eigenvalue weighted by Crippen LogP contribution is 2.35. The summed E-state index contributed by atoms with van der Waals surface area (Å²) in [6.07, 6.45) is 5.30. The summed E-state index contributed by atoms with van der Waals surface area (Å²) >= 11 is 6.40. The number of nitrogens with one attached hydrogen (secondary N) is 1. The molecule has 3 N–H and O–H groups in total. The number of hydrogen-bond acceptors (Lipinski definition) is 4. The maximum Gasteiger partial charge on any atom is 0.233 e. The van der Waals surface area contributed by atoms with Gasteiger partial charge in [0.25, 0.3) is 0 Å². The van der Waals surface area contributed by atoms with Crippen LogP contribution in [0.3, 0.4) is 0 Å². The van der Waals surface area contributed by atoms with Crippen molar-refractivity contribution in [1.82, 2.24) is 4.98 Å². The van der Waals surface area contributed by atoms with Gasteiger partial charge in [-0.15, -0.1) is 0 Å². The van der Waals surface area contributed by atoms with Gasteiger partial charge >= 0.3 is 0 Å². The van der Waals surface area contributed by atoms with E-state index in [1.54, 1.807) is 24.4 Å². The monoisotopic (exact) mass is 402 g/mol. The van der Waals surface area contributed by atoms with E-state index in [0.717, 1.165) is 22.5 Å². The smallest absolute Gasteiger partial charge is 0.233 e. The topological polar surface area (TPSA) is 80.4 Å². The number of halogens is 1. The summed E-state index contributed by atoms with van der Waals surface area (Å²) < 4.78 is 0. The third-order valence-corrected chi connectivity index (χ3v) is 5.26. The largest absolute Gasteiger partial charge is 0.369 e. The number of para-hydroxylation sites is 1. The second-order valence-electron chi connectivity index (χ2n) is 6.77. The van der Waals surface area contributed by atoms with Crippen LogP contribution in [0.5, 0.6) is 0 Å². The number of pyridine rings is 1. The Morgan fingerprint density at radius 1 is 1.07 bits per heavy atom. The van der Waals surface area contributed by atoms with Gasteiger partial charge in [0.05, 0.1) is 12.2 Å². The molecule has 1 aliphatic rings. The highest BCUT2D eigenvalue weighted by atomic mass is 35.5. The van der Waals surface area contributed by atoms with Gasteiger partial charge in [-0.2, -0.15) is 0 Å². The summed E-state index contributed by atoms with van der Waals surface area (Å²) in [6.45, 7) is 0.206. The number of carbonyl (C=O) groups is 1. The first-order chi connectivity index (χ1) is 14.1. The molecule has 1 aliphatic heterocycles. The fraction of sp³-hybridized carbons (Fsp3) is 0.0870. The maximum atomic E-state index is 12.5. The van der Waals surface area contributed by atoms with Crippen molar-refractivity contribution in [2.75, 3.05) is 11.9 Å². The quantitative estimate of drug-likeness (QED) is 0.686. The summed E-state index contributed by atoms with van der Waals surface area (Å²) in [6, 6.07) is 20.8. The molecular weight excluding hydrogens is 384 g/mol. The van der Waals surface area contributed by atoms with Crippen LogP contribution in [0.4, 0.5) is 5.69 Å². The number of nitrogens with two attached hydrogens (primary N) is 1. The molecule has 0 aliphatic carbocycles. The minimum absolute atomic E-state index is 0.206. The van der Waals surface area contributed by atoms with E-state index in [4.69, 9.17) is 17.3 Å². The minimum atomic E-state index is -1.05. The predicted octanol–water partition coefficient (Wildman–Crippen LogP) is 4.21. The van der Waals surface area contributed by atoms with Crippen molar-refractivity contribution in [3.05, 3.63) is 95.7 Å². The van der Waals surface area contributed by atoms with Gasteiger partial charge in [-0.3, -0.25) is 14.8 Å². The first-order valence-corrected chi connectivity index (χ1v) is 9.53. The van der Waals surface area contributed by atoms with Crippen molar-refractivity contribution < 1.29 is 4.79 Å². The summed E-state index contributed by atoms with van der Waals surface area (Å²) in [5, 5.41) is 3.79. The normalized spacial score (nSPS) is 18.2. The zero-order valence-electron chi connectivity index (χ0n) is 15.5. The van der Waals surface area contributed by atoms with Crippen molar-refractivity contribution in [2.24, 2.45) is 10.7 Å². The van der Waals surface area contributed by atoms with E-state index in [9.17, 15) is 4.79 Å². The van der Waals surface area contributed by atoms with Crippen molar-refractivity contribution >= 4 is 29.0 Å². The Balaban J connectivity index is 1.67. The van der Waals surface area contributed by atoms with Gasteiger partial charge in [-0.05, 0) is 48.0 Å². The van der Waals surface area contributed by atoms with Crippen LogP contribution in [0.25, 0.3) is 11.3 Å². The molecule has 0 bridgehead atoms. The number of primary amides is 1. The lowest BCUT2D eigenvalue weighted by atomic mass is 9.77. The number of amidine groups is 1. The Labute approximate surface area is 174 Å². The van der Waals surface area contributed by atoms with Crippen LogP contribution in [0.1, 0.15) is 5.56 Å². The fourth-order valence-electron chi connectivity index (χ4n) is 3.30. The number of amides is 1. The maximum absolute atomic E-state index is 12.5. The average Bonchev–Trinajstić information content (AvgIpc) is 2.76. The van der Waals surface area contributed by atoms with Gasteiger partial charge in [0.15, 0.2) is 0 Å². The number of carbonyl (C=O) groups excluding carboxylic acids is 1. The van der Waals surface area contributed by atoms with E-state index in [2.05, 4.69) is 15.3 Å². The zero-order valence-corrected chi connectivity index (χ0v) is 16.3. The second kappa shape index (κ2) is 7.89. The third-order valence-electron chi connectivity index (χ3n) is 4.93. The molecule has 5 nitrogen and oxygen atoms in total. The minimum Gasteiger partial charge on any atom is -0.369 e. The van der Waals surface area contributed by atoms with Gasteiger partial charge in [-0.25, -0.2) is 0 Å². The molecule has 0 saturated heterocycles. The SMILES string of the molecule is NC(=O)C1(c2ccc(Cl)c(-c3ccccn3)c2)C=CC(Nc2ccccc2)=NC1. The van der Waals surface area contributed by atoms with E-state index in [1.165, 1.54) is 0 Å². The van der Waals surface area contributed by atoms with E-state index in [0.29, 0.717) is 10.9 Å². The number of aliphatic imine (C=N–C) groups is 1. The third kappa shape index (κ3) is 3.77. The van der Waals surface area contributed by atoms with Crippen LogP contribution in [0.15, 0.2) is 90.1 Å². The molecule has 144 valence electrons. The number of dihydropyridines is 1. The molecule has 0 saturated carbocycles. The summed E-state index contributed by atoms with van der Waals surface area (Å²) in [7, 11) is 0. The molecule has 1 atom stereocenters. The average molecular weight is 403 g/mol. The number of rotatable bonds is 4. The van der Waals surface area contributed by atoms with Crippen molar-refractivity contribution in [1.29, 1.82) is 0 Å². The molecule has 29 heavy (non-hydrogen) atoms. The van der Waals surface area contributed by atoms with Gasteiger partial charge < -0.3 is 11.1 Å². The van der Waals surface area contributed by atoms with Gasteiger partial charge in [0.1, 0.15) is 11.3 Å². The van der Waals surface area contributed by atoms with Crippen LogP contribution in [-0.4, -0.2) is 23.3 Å². The Morgan fingerprint density at radius 3 is 2.52 bits per heavy atom. The van der Waals surface area contributed by atoms with E-state index < -0.39 is 11.3 Å². The van der Waals surface area contributed by atoms with Crippen LogP contribution < -0.4 is 11.1 Å². The van der Waals surface area contributed by atoms with Crippen LogP contribution in [0.2, 0.25) is 5.02 Å². The molecule has 1 aromatic heterocycles. The molecule has 0 fully saturated rings. The lowest BCUT2D eigenvalue weighted by Gasteiger charge is -2.29.